The zero-order valence-electron chi connectivity index (χ0n) is 9.19. The first-order valence-electron chi connectivity index (χ1n) is 5.30. The van der Waals surface area contributed by atoms with E-state index < -0.39 is 0 Å². The fraction of sp³-hybridized carbons (Fsp3) is 0.500. The van der Waals surface area contributed by atoms with Gasteiger partial charge in [0.05, 0.1) is 0 Å². The first-order valence-corrected chi connectivity index (χ1v) is 6.05. The van der Waals surface area contributed by atoms with Gasteiger partial charge in [-0.2, -0.15) is 0 Å². The van der Waals surface area contributed by atoms with E-state index in [1.807, 2.05) is 12.1 Å². The number of hydrogen-bond donors (Lipinski definition) is 1. The normalized spacial score (nSPS) is 12.8. The second-order valence-corrected chi connectivity index (χ2v) is 4.72. The number of rotatable bonds is 5. The summed E-state index contributed by atoms with van der Waals surface area (Å²) in [5, 5.41) is 4.83. The summed E-state index contributed by atoms with van der Waals surface area (Å²) >= 11 is 11.8. The van der Waals surface area contributed by atoms with Gasteiger partial charge in [0, 0.05) is 22.6 Å². The van der Waals surface area contributed by atoms with Crippen molar-refractivity contribution in [3.05, 3.63) is 33.8 Å². The van der Waals surface area contributed by atoms with Crippen molar-refractivity contribution in [3.8, 4) is 0 Å². The Labute approximate surface area is 102 Å². The van der Waals surface area contributed by atoms with Gasteiger partial charge in [0.25, 0.3) is 0 Å². The number of nitrogens with one attached hydrogen (secondary N) is 1. The summed E-state index contributed by atoms with van der Waals surface area (Å²) < 4.78 is 0. The minimum atomic E-state index is 0.535. The van der Waals surface area contributed by atoms with Gasteiger partial charge in [-0.25, -0.2) is 0 Å². The highest BCUT2D eigenvalue weighted by Gasteiger charge is 2.01. The van der Waals surface area contributed by atoms with Gasteiger partial charge in [-0.15, -0.1) is 0 Å². The first-order chi connectivity index (χ1) is 7.11. The molecule has 0 bridgehead atoms. The van der Waals surface area contributed by atoms with E-state index in [0.29, 0.717) is 16.1 Å². The van der Waals surface area contributed by atoms with E-state index in [4.69, 9.17) is 23.2 Å². The van der Waals surface area contributed by atoms with E-state index in [1.54, 1.807) is 6.07 Å². The van der Waals surface area contributed by atoms with E-state index in [9.17, 15) is 0 Å². The van der Waals surface area contributed by atoms with Crippen LogP contribution in [-0.2, 0) is 6.54 Å². The molecule has 1 N–H and O–H groups in total. The van der Waals surface area contributed by atoms with Crippen molar-refractivity contribution in [1.29, 1.82) is 0 Å². The van der Waals surface area contributed by atoms with Gasteiger partial charge in [0.2, 0.25) is 0 Å². The van der Waals surface area contributed by atoms with Crippen LogP contribution in [0.15, 0.2) is 18.2 Å². The molecule has 1 unspecified atom stereocenters. The summed E-state index contributed by atoms with van der Waals surface area (Å²) in [5.41, 5.74) is 1.13. The Morgan fingerprint density at radius 3 is 2.33 bits per heavy atom. The molecule has 3 heteroatoms. The summed E-state index contributed by atoms with van der Waals surface area (Å²) in [6.07, 6.45) is 2.39. The topological polar surface area (TPSA) is 12.0 Å². The highest BCUT2D eigenvalue weighted by Crippen LogP contribution is 2.19. The number of hydrogen-bond acceptors (Lipinski definition) is 1. The highest BCUT2D eigenvalue weighted by atomic mass is 35.5. The van der Waals surface area contributed by atoms with Gasteiger partial charge in [0.15, 0.2) is 0 Å². The van der Waals surface area contributed by atoms with Crippen LogP contribution in [0, 0.1) is 0 Å². The van der Waals surface area contributed by atoms with Gasteiger partial charge >= 0.3 is 0 Å². The van der Waals surface area contributed by atoms with Crippen molar-refractivity contribution >= 4 is 23.2 Å². The maximum Gasteiger partial charge on any atom is 0.0424 e. The molecule has 1 aromatic carbocycles. The van der Waals surface area contributed by atoms with Crippen molar-refractivity contribution in [1.82, 2.24) is 5.32 Å². The van der Waals surface area contributed by atoms with Crippen LogP contribution in [0.4, 0.5) is 0 Å². The van der Waals surface area contributed by atoms with Crippen molar-refractivity contribution in [3.63, 3.8) is 0 Å². The largest absolute Gasteiger partial charge is 0.310 e. The molecule has 0 spiro atoms. The molecule has 0 aliphatic heterocycles. The van der Waals surface area contributed by atoms with Crippen LogP contribution in [-0.4, -0.2) is 6.04 Å². The summed E-state index contributed by atoms with van der Waals surface area (Å²) in [6, 6.07) is 6.17. The molecule has 0 aliphatic carbocycles. The lowest BCUT2D eigenvalue weighted by molar-refractivity contribution is 0.508. The van der Waals surface area contributed by atoms with E-state index in [-0.39, 0.29) is 0 Å². The molecule has 0 amide bonds. The molecule has 0 aromatic heterocycles. The molecule has 0 radical (unpaired) electrons. The zero-order chi connectivity index (χ0) is 11.3. The molecule has 84 valence electrons. The monoisotopic (exact) mass is 245 g/mol. The summed E-state index contributed by atoms with van der Waals surface area (Å²) in [4.78, 5) is 0. The fourth-order valence-electron chi connectivity index (χ4n) is 1.54. The molecule has 1 nitrogen and oxygen atoms in total. The van der Waals surface area contributed by atoms with Crippen LogP contribution >= 0.6 is 23.2 Å². The Bertz CT molecular complexity index is 292. The maximum atomic E-state index is 5.91. The third-order valence-electron chi connectivity index (χ3n) is 2.30. The van der Waals surface area contributed by atoms with Crippen LogP contribution in [0.5, 0.6) is 0 Å². The summed E-state index contributed by atoms with van der Waals surface area (Å²) in [7, 11) is 0. The minimum absolute atomic E-state index is 0.535. The average molecular weight is 246 g/mol. The van der Waals surface area contributed by atoms with Gasteiger partial charge in [-0.3, -0.25) is 0 Å². The highest BCUT2D eigenvalue weighted by molar-refractivity contribution is 6.34. The third kappa shape index (κ3) is 4.87. The molecular weight excluding hydrogens is 229 g/mol. The lowest BCUT2D eigenvalue weighted by atomic mass is 10.1. The smallest absolute Gasteiger partial charge is 0.0424 e. The summed E-state index contributed by atoms with van der Waals surface area (Å²) in [6.45, 7) is 5.20. The summed E-state index contributed by atoms with van der Waals surface area (Å²) in [5.74, 6) is 0. The molecule has 15 heavy (non-hydrogen) atoms. The fourth-order valence-corrected chi connectivity index (χ4v) is 2.11. The molecule has 0 heterocycles. The van der Waals surface area contributed by atoms with Gasteiger partial charge in [-0.05, 0) is 37.1 Å². The van der Waals surface area contributed by atoms with Crippen LogP contribution in [0.3, 0.4) is 0 Å². The molecular formula is C12H17Cl2N. The second kappa shape index (κ2) is 6.37. The van der Waals surface area contributed by atoms with Gasteiger partial charge in [-0.1, -0.05) is 36.5 Å². The minimum Gasteiger partial charge on any atom is -0.310 e. The molecule has 0 aliphatic rings. The van der Waals surface area contributed by atoms with Crippen LogP contribution in [0.25, 0.3) is 0 Å². The predicted molar refractivity (Wildman–Crippen MR) is 67.7 cm³/mol. The Morgan fingerprint density at radius 1 is 1.20 bits per heavy atom. The Morgan fingerprint density at radius 2 is 1.80 bits per heavy atom. The predicted octanol–water partition coefficient (Wildman–Crippen LogP) is 4.27. The Balaban J connectivity index is 2.50. The Kier molecular flexibility index (Phi) is 5.44. The van der Waals surface area contributed by atoms with E-state index in [0.717, 1.165) is 12.1 Å². The lowest BCUT2D eigenvalue weighted by Crippen LogP contribution is -2.25. The van der Waals surface area contributed by atoms with E-state index in [1.165, 1.54) is 12.8 Å². The van der Waals surface area contributed by atoms with Gasteiger partial charge < -0.3 is 5.32 Å². The van der Waals surface area contributed by atoms with E-state index in [2.05, 4.69) is 19.2 Å². The SMILES string of the molecule is CCCC(C)NCc1cc(Cl)cc(Cl)c1. The standard InChI is InChI=1S/C12H17Cl2N/c1-3-4-9(2)15-8-10-5-11(13)7-12(14)6-10/h5-7,9,15H,3-4,8H2,1-2H3. The van der Waals surface area contributed by atoms with Gasteiger partial charge in [0.1, 0.15) is 0 Å². The third-order valence-corrected chi connectivity index (χ3v) is 2.74. The molecule has 1 rings (SSSR count). The molecule has 1 atom stereocenters. The van der Waals surface area contributed by atoms with Crippen LogP contribution in [0.1, 0.15) is 32.3 Å². The lowest BCUT2D eigenvalue weighted by Gasteiger charge is -2.12. The van der Waals surface area contributed by atoms with E-state index >= 15 is 0 Å². The average Bonchev–Trinajstić information content (AvgIpc) is 2.14. The zero-order valence-corrected chi connectivity index (χ0v) is 10.7. The van der Waals surface area contributed by atoms with Crippen LogP contribution in [0.2, 0.25) is 10.0 Å². The Hall–Kier alpha value is -0.240. The first kappa shape index (κ1) is 12.8. The van der Waals surface area contributed by atoms with Crippen molar-refractivity contribution in [2.45, 2.75) is 39.3 Å². The van der Waals surface area contributed by atoms with Crippen LogP contribution < -0.4 is 5.32 Å². The number of halogens is 2. The van der Waals surface area contributed by atoms with Crippen molar-refractivity contribution in [2.75, 3.05) is 0 Å². The molecule has 0 fully saturated rings. The molecule has 1 aromatic rings. The quantitative estimate of drug-likeness (QED) is 0.817. The number of benzene rings is 1. The molecule has 0 saturated heterocycles. The second-order valence-electron chi connectivity index (χ2n) is 3.85. The van der Waals surface area contributed by atoms with Crippen molar-refractivity contribution < 1.29 is 0 Å². The molecule has 0 saturated carbocycles. The maximum absolute atomic E-state index is 5.91. The van der Waals surface area contributed by atoms with Crippen molar-refractivity contribution in [2.24, 2.45) is 0 Å².